The van der Waals surface area contributed by atoms with Crippen LogP contribution < -0.4 is 0 Å². The molecule has 0 aliphatic heterocycles. The lowest BCUT2D eigenvalue weighted by atomic mass is 10.1. The number of benzene rings is 1. The van der Waals surface area contributed by atoms with Gasteiger partial charge in [-0.2, -0.15) is 0 Å². The predicted molar refractivity (Wildman–Crippen MR) is 51.5 cm³/mol. The number of Topliss-reactive ketones (excluding diaryl/α,β-unsaturated/α-hetero) is 1. The number of rotatable bonds is 2. The summed E-state index contributed by atoms with van der Waals surface area (Å²) in [7, 11) is 0. The summed E-state index contributed by atoms with van der Waals surface area (Å²) in [6, 6.07) is 2.40. The zero-order valence-corrected chi connectivity index (χ0v) is 8.55. The first-order valence-electron chi connectivity index (χ1n) is 3.30. The average Bonchev–Trinajstić information content (AvgIpc) is 2.12. The minimum atomic E-state index is -0.727. The average molecular weight is 241 g/mol. The molecule has 0 saturated heterocycles. The summed E-state index contributed by atoms with van der Waals surface area (Å²) in [6.07, 6.45) is 0. The lowest BCUT2D eigenvalue weighted by molar-refractivity contribution is 0.102. The van der Waals surface area contributed by atoms with Crippen LogP contribution >= 0.6 is 34.8 Å². The highest BCUT2D eigenvalue weighted by atomic mass is 35.5. The van der Waals surface area contributed by atoms with Crippen LogP contribution in [0.15, 0.2) is 12.1 Å². The van der Waals surface area contributed by atoms with E-state index in [1.54, 1.807) is 0 Å². The number of ketones is 1. The highest BCUT2D eigenvalue weighted by molar-refractivity contribution is 6.36. The number of carbonyl (C=O) groups excluding carboxylic acids is 1. The summed E-state index contributed by atoms with van der Waals surface area (Å²) in [6.45, 7) is 0. The Morgan fingerprint density at radius 1 is 1.31 bits per heavy atom. The number of alkyl halides is 1. The van der Waals surface area contributed by atoms with Gasteiger partial charge in [0.05, 0.1) is 15.9 Å². The van der Waals surface area contributed by atoms with Crippen molar-refractivity contribution in [3.63, 3.8) is 0 Å². The molecule has 0 saturated carbocycles. The zero-order chi connectivity index (χ0) is 10.0. The van der Waals surface area contributed by atoms with Gasteiger partial charge < -0.3 is 0 Å². The molecule has 0 atom stereocenters. The van der Waals surface area contributed by atoms with Crippen LogP contribution in [-0.2, 0) is 0 Å². The molecular weight excluding hydrogens is 237 g/mol. The summed E-state index contributed by atoms with van der Waals surface area (Å²) in [5.41, 5.74) is 0.214. The Morgan fingerprint density at radius 3 is 2.15 bits per heavy atom. The van der Waals surface area contributed by atoms with Gasteiger partial charge in [-0.3, -0.25) is 4.79 Å². The van der Waals surface area contributed by atoms with Crippen LogP contribution in [0.2, 0.25) is 10.0 Å². The molecule has 0 aromatic heterocycles. The van der Waals surface area contributed by atoms with Crippen molar-refractivity contribution in [2.75, 3.05) is 5.88 Å². The van der Waals surface area contributed by atoms with E-state index in [1.807, 2.05) is 0 Å². The highest BCUT2D eigenvalue weighted by Gasteiger charge is 2.11. The Morgan fingerprint density at radius 2 is 1.77 bits per heavy atom. The molecule has 0 spiro atoms. The summed E-state index contributed by atoms with van der Waals surface area (Å²) < 4.78 is 12.9. The van der Waals surface area contributed by atoms with Gasteiger partial charge in [-0.1, -0.05) is 23.2 Å². The largest absolute Gasteiger partial charge is 0.293 e. The summed E-state index contributed by atoms with van der Waals surface area (Å²) >= 11 is 16.2. The molecule has 1 rings (SSSR count). The maximum absolute atomic E-state index is 12.9. The van der Waals surface area contributed by atoms with Crippen LogP contribution in [0.5, 0.6) is 0 Å². The van der Waals surface area contributed by atoms with Gasteiger partial charge in [0.25, 0.3) is 0 Å². The molecule has 13 heavy (non-hydrogen) atoms. The van der Waals surface area contributed by atoms with Crippen LogP contribution in [0, 0.1) is 5.82 Å². The van der Waals surface area contributed by atoms with E-state index in [-0.39, 0.29) is 27.3 Å². The third kappa shape index (κ3) is 2.33. The molecule has 0 N–H and O–H groups in total. The maximum atomic E-state index is 12.9. The number of carbonyl (C=O) groups is 1. The van der Waals surface area contributed by atoms with E-state index in [1.165, 1.54) is 12.1 Å². The van der Waals surface area contributed by atoms with Gasteiger partial charge in [-0.05, 0) is 12.1 Å². The van der Waals surface area contributed by atoms with E-state index in [4.69, 9.17) is 34.8 Å². The van der Waals surface area contributed by atoms with E-state index < -0.39 is 5.82 Å². The molecule has 0 radical (unpaired) electrons. The molecule has 0 aliphatic rings. The van der Waals surface area contributed by atoms with Crippen molar-refractivity contribution in [2.45, 2.75) is 0 Å². The van der Waals surface area contributed by atoms with E-state index in [0.717, 1.165) is 0 Å². The summed E-state index contributed by atoms with van der Waals surface area (Å²) in [5.74, 6) is -1.25. The first-order valence-corrected chi connectivity index (χ1v) is 4.59. The van der Waals surface area contributed by atoms with Crippen molar-refractivity contribution in [1.82, 2.24) is 0 Å². The van der Waals surface area contributed by atoms with Crippen LogP contribution in [0.4, 0.5) is 4.39 Å². The molecule has 0 fully saturated rings. The fourth-order valence-electron chi connectivity index (χ4n) is 0.794. The van der Waals surface area contributed by atoms with Crippen LogP contribution in [0.3, 0.4) is 0 Å². The van der Waals surface area contributed by atoms with Gasteiger partial charge in [-0.15, -0.1) is 11.6 Å². The fraction of sp³-hybridized carbons (Fsp3) is 0.125. The molecule has 0 bridgehead atoms. The second kappa shape index (κ2) is 4.27. The second-order valence-corrected chi connectivity index (χ2v) is 3.39. The molecule has 0 unspecified atom stereocenters. The van der Waals surface area contributed by atoms with Crippen LogP contribution in [0.25, 0.3) is 0 Å². The second-order valence-electron chi connectivity index (χ2n) is 2.31. The van der Waals surface area contributed by atoms with Crippen molar-refractivity contribution >= 4 is 40.6 Å². The van der Waals surface area contributed by atoms with E-state index in [9.17, 15) is 9.18 Å². The van der Waals surface area contributed by atoms with Gasteiger partial charge in [0.2, 0.25) is 0 Å². The number of halogens is 4. The van der Waals surface area contributed by atoms with Crippen molar-refractivity contribution in [3.8, 4) is 0 Å². The Hall–Kier alpha value is -0.310. The Bertz CT molecular complexity index is 328. The lowest BCUT2D eigenvalue weighted by Gasteiger charge is -2.01. The molecular formula is C8H4Cl3FO. The molecule has 5 heteroatoms. The number of hydrogen-bond donors (Lipinski definition) is 0. The van der Waals surface area contributed by atoms with E-state index >= 15 is 0 Å². The number of hydrogen-bond acceptors (Lipinski definition) is 1. The van der Waals surface area contributed by atoms with Crippen molar-refractivity contribution < 1.29 is 9.18 Å². The van der Waals surface area contributed by atoms with Crippen molar-refractivity contribution in [3.05, 3.63) is 33.6 Å². The van der Waals surface area contributed by atoms with Gasteiger partial charge in [0.1, 0.15) is 0 Å². The molecule has 1 aromatic carbocycles. The SMILES string of the molecule is O=C(CCl)c1cc(Cl)c(F)c(Cl)c1. The fourth-order valence-corrected chi connectivity index (χ4v) is 1.44. The van der Waals surface area contributed by atoms with Gasteiger partial charge in [0.15, 0.2) is 11.6 Å². The molecule has 0 heterocycles. The zero-order valence-electron chi connectivity index (χ0n) is 6.28. The van der Waals surface area contributed by atoms with Crippen LogP contribution in [-0.4, -0.2) is 11.7 Å². The standard InChI is InChI=1S/C8H4Cl3FO/c9-3-7(13)4-1-5(10)8(12)6(11)2-4/h1-2H,3H2. The Kier molecular flexibility index (Phi) is 3.54. The van der Waals surface area contributed by atoms with Crippen LogP contribution in [0.1, 0.15) is 10.4 Å². The van der Waals surface area contributed by atoms with Gasteiger partial charge in [-0.25, -0.2) is 4.39 Å². The third-order valence-corrected chi connectivity index (χ3v) is 2.22. The first-order chi connectivity index (χ1) is 6.06. The highest BCUT2D eigenvalue weighted by Crippen LogP contribution is 2.24. The summed E-state index contributed by atoms with van der Waals surface area (Å²) in [5, 5.41) is -0.359. The lowest BCUT2D eigenvalue weighted by Crippen LogP contribution is -2.00. The Balaban J connectivity index is 3.20. The van der Waals surface area contributed by atoms with E-state index in [0.29, 0.717) is 0 Å². The van der Waals surface area contributed by atoms with Gasteiger partial charge in [0, 0.05) is 5.56 Å². The normalized spacial score (nSPS) is 10.2. The molecule has 70 valence electrons. The molecule has 1 nitrogen and oxygen atoms in total. The predicted octanol–water partition coefficient (Wildman–Crippen LogP) is 3.55. The topological polar surface area (TPSA) is 17.1 Å². The summed E-state index contributed by atoms with van der Waals surface area (Å²) in [4.78, 5) is 11.1. The first kappa shape index (κ1) is 10.8. The molecule has 0 amide bonds. The molecule has 1 aromatic rings. The van der Waals surface area contributed by atoms with Gasteiger partial charge >= 0.3 is 0 Å². The van der Waals surface area contributed by atoms with E-state index in [2.05, 4.69) is 0 Å². The molecule has 0 aliphatic carbocycles. The Labute approximate surface area is 89.4 Å². The minimum Gasteiger partial charge on any atom is -0.293 e. The van der Waals surface area contributed by atoms with Crippen molar-refractivity contribution in [1.29, 1.82) is 0 Å². The quantitative estimate of drug-likeness (QED) is 0.440. The minimum absolute atomic E-state index is 0.180. The monoisotopic (exact) mass is 240 g/mol. The van der Waals surface area contributed by atoms with Crippen molar-refractivity contribution in [2.24, 2.45) is 0 Å². The third-order valence-electron chi connectivity index (χ3n) is 1.43. The maximum Gasteiger partial charge on any atom is 0.177 e. The smallest absolute Gasteiger partial charge is 0.177 e.